The SMILES string of the molecule is CN(C[C@H](O)CNC(C)(C)CCCc1ccncc1)Sc1c(Cl)cc(-c2c(F)cccc2CCC(=O)O)cc1Cl. The minimum atomic E-state index is -0.956. The van der Waals surface area contributed by atoms with E-state index < -0.39 is 17.9 Å². The van der Waals surface area contributed by atoms with E-state index in [0.29, 0.717) is 44.7 Å². The number of aliphatic carboxylic acids is 1. The maximum absolute atomic E-state index is 14.8. The van der Waals surface area contributed by atoms with Crippen molar-refractivity contribution in [1.29, 1.82) is 0 Å². The van der Waals surface area contributed by atoms with Crippen LogP contribution in [0.1, 0.15) is 44.2 Å². The van der Waals surface area contributed by atoms with Crippen molar-refractivity contribution < 1.29 is 19.4 Å². The Bertz CT molecular complexity index is 1260. The Morgan fingerprint density at radius 3 is 2.48 bits per heavy atom. The van der Waals surface area contributed by atoms with Crippen molar-refractivity contribution in [3.63, 3.8) is 0 Å². The number of hydrogen-bond donors (Lipinski definition) is 3. The summed E-state index contributed by atoms with van der Waals surface area (Å²) in [5.41, 5.74) is 2.49. The number of carbonyl (C=O) groups is 1. The van der Waals surface area contributed by atoms with Crippen LogP contribution in [0.3, 0.4) is 0 Å². The van der Waals surface area contributed by atoms with Gasteiger partial charge in [-0.1, -0.05) is 35.3 Å². The Morgan fingerprint density at radius 1 is 1.15 bits per heavy atom. The molecule has 0 fully saturated rings. The highest BCUT2D eigenvalue weighted by Gasteiger charge is 2.21. The minimum Gasteiger partial charge on any atom is -0.481 e. The molecule has 0 aliphatic heterocycles. The predicted molar refractivity (Wildman–Crippen MR) is 162 cm³/mol. The molecule has 10 heteroatoms. The molecule has 0 bridgehead atoms. The molecule has 40 heavy (non-hydrogen) atoms. The summed E-state index contributed by atoms with van der Waals surface area (Å²) in [6.07, 6.45) is 6.03. The van der Waals surface area contributed by atoms with Crippen molar-refractivity contribution in [3.05, 3.63) is 81.8 Å². The van der Waals surface area contributed by atoms with E-state index in [-0.39, 0.29) is 18.4 Å². The van der Waals surface area contributed by atoms with Crippen LogP contribution in [-0.2, 0) is 17.6 Å². The smallest absolute Gasteiger partial charge is 0.303 e. The van der Waals surface area contributed by atoms with Crippen LogP contribution in [0.5, 0.6) is 0 Å². The fourth-order valence-electron chi connectivity index (χ4n) is 4.45. The third-order valence-electron chi connectivity index (χ3n) is 6.54. The summed E-state index contributed by atoms with van der Waals surface area (Å²) < 4.78 is 16.7. The van der Waals surface area contributed by atoms with Gasteiger partial charge in [0.2, 0.25) is 0 Å². The van der Waals surface area contributed by atoms with Crippen LogP contribution in [0.15, 0.2) is 59.8 Å². The second-order valence-corrected chi connectivity index (χ2v) is 12.5. The Hall–Kier alpha value is -2.20. The molecule has 0 spiro atoms. The monoisotopic (exact) mass is 607 g/mol. The highest BCUT2D eigenvalue weighted by Crippen LogP contribution is 2.40. The average molecular weight is 609 g/mol. The molecular formula is C30H36Cl2FN3O3S. The van der Waals surface area contributed by atoms with Crippen LogP contribution < -0.4 is 5.32 Å². The molecule has 216 valence electrons. The molecule has 0 unspecified atom stereocenters. The molecule has 0 saturated carbocycles. The second kappa shape index (κ2) is 15.1. The Labute approximate surface area is 250 Å². The lowest BCUT2D eigenvalue weighted by Gasteiger charge is -2.29. The van der Waals surface area contributed by atoms with Gasteiger partial charge in [0, 0.05) is 43.0 Å². The molecule has 1 atom stereocenters. The van der Waals surface area contributed by atoms with Gasteiger partial charge in [-0.2, -0.15) is 0 Å². The van der Waals surface area contributed by atoms with Gasteiger partial charge in [0.25, 0.3) is 0 Å². The van der Waals surface area contributed by atoms with Gasteiger partial charge in [0.15, 0.2) is 0 Å². The second-order valence-electron chi connectivity index (χ2n) is 10.5. The number of aromatic nitrogens is 1. The van der Waals surface area contributed by atoms with Crippen molar-refractivity contribution >= 4 is 41.1 Å². The Morgan fingerprint density at radius 2 is 1.82 bits per heavy atom. The largest absolute Gasteiger partial charge is 0.481 e. The fourth-order valence-corrected chi connectivity index (χ4v) is 6.00. The summed E-state index contributed by atoms with van der Waals surface area (Å²) >= 11 is 14.5. The van der Waals surface area contributed by atoms with Crippen molar-refractivity contribution in [1.82, 2.24) is 14.6 Å². The maximum Gasteiger partial charge on any atom is 0.303 e. The van der Waals surface area contributed by atoms with Gasteiger partial charge in [-0.05, 0) is 106 Å². The molecular weight excluding hydrogens is 572 g/mol. The van der Waals surface area contributed by atoms with E-state index in [9.17, 15) is 14.3 Å². The summed E-state index contributed by atoms with van der Waals surface area (Å²) in [6, 6.07) is 11.9. The first-order valence-corrected chi connectivity index (χ1v) is 14.7. The van der Waals surface area contributed by atoms with Crippen molar-refractivity contribution in [2.75, 3.05) is 20.1 Å². The van der Waals surface area contributed by atoms with Gasteiger partial charge in [0.05, 0.1) is 21.0 Å². The van der Waals surface area contributed by atoms with Gasteiger partial charge < -0.3 is 15.5 Å². The molecule has 2 aromatic carbocycles. The highest BCUT2D eigenvalue weighted by molar-refractivity contribution is 7.97. The Kier molecular flexibility index (Phi) is 12.2. The number of β-amino-alcohol motifs (C(OH)–C–C–N with tert-alkyl or cyclic N) is 1. The average Bonchev–Trinajstić information content (AvgIpc) is 2.89. The van der Waals surface area contributed by atoms with Crippen molar-refractivity contribution in [2.24, 2.45) is 0 Å². The molecule has 1 heterocycles. The molecule has 1 aromatic heterocycles. The first kappa shape index (κ1) is 32.3. The third kappa shape index (κ3) is 10.0. The summed E-state index contributed by atoms with van der Waals surface area (Å²) in [7, 11) is 1.84. The number of aryl methyl sites for hydroxylation is 2. The third-order valence-corrected chi connectivity index (χ3v) is 8.45. The minimum absolute atomic E-state index is 0.114. The first-order valence-electron chi connectivity index (χ1n) is 13.1. The fraction of sp³-hybridized carbons (Fsp3) is 0.400. The first-order chi connectivity index (χ1) is 18.9. The lowest BCUT2D eigenvalue weighted by molar-refractivity contribution is -0.136. The van der Waals surface area contributed by atoms with E-state index in [1.165, 1.54) is 23.6 Å². The zero-order chi connectivity index (χ0) is 29.3. The van der Waals surface area contributed by atoms with Crippen LogP contribution in [0.2, 0.25) is 10.0 Å². The number of carboxylic acid groups (broad SMARTS) is 1. The molecule has 0 saturated heterocycles. The molecule has 0 aliphatic carbocycles. The van der Waals surface area contributed by atoms with Gasteiger partial charge in [-0.15, -0.1) is 0 Å². The van der Waals surface area contributed by atoms with E-state index >= 15 is 0 Å². The summed E-state index contributed by atoms with van der Waals surface area (Å²) in [5, 5.41) is 23.9. The quantitative estimate of drug-likeness (QED) is 0.162. The molecule has 3 N–H and O–H groups in total. The van der Waals surface area contributed by atoms with E-state index in [1.54, 1.807) is 24.3 Å². The predicted octanol–water partition coefficient (Wildman–Crippen LogP) is 6.90. The van der Waals surface area contributed by atoms with Crippen molar-refractivity contribution in [2.45, 2.75) is 62.5 Å². The summed E-state index contributed by atoms with van der Waals surface area (Å²) in [4.78, 5) is 15.7. The van der Waals surface area contributed by atoms with Gasteiger partial charge in [0.1, 0.15) is 5.82 Å². The van der Waals surface area contributed by atoms with Crippen LogP contribution in [0.25, 0.3) is 11.1 Å². The number of nitrogens with zero attached hydrogens (tertiary/aromatic N) is 2. The zero-order valence-electron chi connectivity index (χ0n) is 23.0. The molecule has 0 aliphatic rings. The van der Waals surface area contributed by atoms with Crippen molar-refractivity contribution in [3.8, 4) is 11.1 Å². The number of pyridine rings is 1. The summed E-state index contributed by atoms with van der Waals surface area (Å²) in [6.45, 7) is 5.06. The number of halogens is 3. The van der Waals surface area contributed by atoms with Crippen LogP contribution in [0, 0.1) is 5.82 Å². The number of aliphatic hydroxyl groups is 1. The van der Waals surface area contributed by atoms with E-state index in [0.717, 1.165) is 19.3 Å². The zero-order valence-corrected chi connectivity index (χ0v) is 25.3. The number of aliphatic hydroxyl groups excluding tert-OH is 1. The molecule has 3 aromatic rings. The Balaban J connectivity index is 1.56. The normalized spacial score (nSPS) is 12.6. The highest BCUT2D eigenvalue weighted by atomic mass is 35.5. The lowest BCUT2D eigenvalue weighted by Crippen LogP contribution is -2.45. The van der Waals surface area contributed by atoms with Crippen LogP contribution in [-0.4, -0.2) is 57.3 Å². The number of likely N-dealkylation sites (N-methyl/N-ethyl adjacent to an activating group) is 1. The molecule has 3 rings (SSSR count). The maximum atomic E-state index is 14.8. The van der Waals surface area contributed by atoms with Gasteiger partial charge >= 0.3 is 5.97 Å². The number of hydrogen-bond acceptors (Lipinski definition) is 6. The van der Waals surface area contributed by atoms with Gasteiger partial charge in [-0.25, -0.2) is 8.70 Å². The number of carboxylic acids is 1. The van der Waals surface area contributed by atoms with Gasteiger partial charge in [-0.3, -0.25) is 9.78 Å². The summed E-state index contributed by atoms with van der Waals surface area (Å²) in [5.74, 6) is -1.42. The number of nitrogens with one attached hydrogen (secondary N) is 1. The number of benzene rings is 2. The topological polar surface area (TPSA) is 85.7 Å². The van der Waals surface area contributed by atoms with E-state index in [2.05, 4.69) is 24.1 Å². The molecule has 6 nitrogen and oxygen atoms in total. The standard InChI is InChI=1S/C30H36Cl2FN3O3S/c1-30(2,13-5-6-20-11-14-34-15-12-20)35-18-23(37)19-36(3)40-29-24(31)16-22(17-25(29)32)28-21(9-10-27(38)39)7-4-8-26(28)33/h4,7-8,11-12,14-17,23,35,37H,5-6,9-10,13,18-19H2,1-3H3,(H,38,39)/t23-/m1/s1. The molecule has 0 radical (unpaired) electrons. The number of rotatable bonds is 15. The van der Waals surface area contributed by atoms with E-state index in [4.69, 9.17) is 28.3 Å². The lowest BCUT2D eigenvalue weighted by atomic mass is 9.95. The van der Waals surface area contributed by atoms with Crippen LogP contribution >= 0.6 is 35.1 Å². The van der Waals surface area contributed by atoms with Crippen LogP contribution in [0.4, 0.5) is 4.39 Å². The van der Waals surface area contributed by atoms with E-state index in [1.807, 2.05) is 35.9 Å². The molecule has 0 amide bonds.